The first-order valence-electron chi connectivity index (χ1n) is 6.88. The van der Waals surface area contributed by atoms with Crippen LogP contribution in [0.3, 0.4) is 0 Å². The highest BCUT2D eigenvalue weighted by atomic mass is 16.6. The van der Waals surface area contributed by atoms with Gasteiger partial charge in [0.25, 0.3) is 5.69 Å². The van der Waals surface area contributed by atoms with Crippen molar-refractivity contribution in [1.29, 1.82) is 0 Å². The lowest BCUT2D eigenvalue weighted by Crippen LogP contribution is -1.97. The minimum atomic E-state index is -0.558. The van der Waals surface area contributed by atoms with Crippen LogP contribution in [0.15, 0.2) is 61.9 Å². The molecule has 0 aliphatic carbocycles. The van der Waals surface area contributed by atoms with Crippen LogP contribution in [-0.4, -0.2) is 10.0 Å². The van der Waals surface area contributed by atoms with E-state index in [9.17, 15) is 20.0 Å². The maximum absolute atomic E-state index is 11.6. The van der Waals surface area contributed by atoms with Crippen LogP contribution in [0.2, 0.25) is 0 Å². The number of hydrogen-bond donors (Lipinski definition) is 1. The number of nitro benzene ring substituents is 1. The first kappa shape index (κ1) is 15.3. The molecule has 0 bridgehead atoms. The summed E-state index contributed by atoms with van der Waals surface area (Å²) in [4.78, 5) is 21.7. The lowest BCUT2D eigenvalue weighted by Gasteiger charge is -2.04. The van der Waals surface area contributed by atoms with Crippen LogP contribution in [0.25, 0.3) is 11.0 Å². The third-order valence-corrected chi connectivity index (χ3v) is 3.40. The third-order valence-electron chi connectivity index (χ3n) is 3.40. The molecule has 0 fully saturated rings. The highest BCUT2D eigenvalue weighted by Gasteiger charge is 2.12. The van der Waals surface area contributed by atoms with Gasteiger partial charge in [0.2, 0.25) is 0 Å². The fourth-order valence-corrected chi connectivity index (χ4v) is 2.20. The smallest absolute Gasteiger partial charge is 0.336 e. The van der Waals surface area contributed by atoms with E-state index < -0.39 is 10.5 Å². The predicted octanol–water partition coefficient (Wildman–Crippen LogP) is 4.13. The van der Waals surface area contributed by atoms with Crippen molar-refractivity contribution in [1.82, 2.24) is 0 Å². The molecule has 0 saturated heterocycles. The molecular weight excluding hydrogens is 314 g/mol. The van der Waals surface area contributed by atoms with Crippen molar-refractivity contribution in [3.05, 3.63) is 68.6 Å². The SMILES string of the molecule is Cc1cc(=O)oc2c(/N=N/c3ccc([N+](=O)[O-])cc3)c(O)ccc12. The Hall–Kier alpha value is -3.55. The second-order valence-corrected chi connectivity index (χ2v) is 5.03. The summed E-state index contributed by atoms with van der Waals surface area (Å²) < 4.78 is 5.13. The first-order valence-corrected chi connectivity index (χ1v) is 6.88. The summed E-state index contributed by atoms with van der Waals surface area (Å²) >= 11 is 0. The topological polar surface area (TPSA) is 118 Å². The van der Waals surface area contributed by atoms with Gasteiger partial charge in [-0.1, -0.05) is 0 Å². The van der Waals surface area contributed by atoms with Crippen LogP contribution in [0.1, 0.15) is 5.56 Å². The zero-order valence-corrected chi connectivity index (χ0v) is 12.5. The minimum Gasteiger partial charge on any atom is -0.505 e. The van der Waals surface area contributed by atoms with E-state index in [4.69, 9.17) is 4.42 Å². The number of azo groups is 1. The molecule has 0 spiro atoms. The predicted molar refractivity (Wildman–Crippen MR) is 86.2 cm³/mol. The van der Waals surface area contributed by atoms with Crippen LogP contribution in [-0.2, 0) is 0 Å². The highest BCUT2D eigenvalue weighted by Crippen LogP contribution is 2.36. The Kier molecular flexibility index (Phi) is 3.78. The summed E-state index contributed by atoms with van der Waals surface area (Å²) in [6.45, 7) is 1.74. The second-order valence-electron chi connectivity index (χ2n) is 5.03. The van der Waals surface area contributed by atoms with Crippen LogP contribution in [0.5, 0.6) is 5.75 Å². The van der Waals surface area contributed by atoms with E-state index in [-0.39, 0.29) is 22.7 Å². The van der Waals surface area contributed by atoms with E-state index >= 15 is 0 Å². The van der Waals surface area contributed by atoms with Crippen molar-refractivity contribution in [2.24, 2.45) is 10.2 Å². The number of aromatic hydroxyl groups is 1. The normalized spacial score (nSPS) is 11.2. The summed E-state index contributed by atoms with van der Waals surface area (Å²) in [6.07, 6.45) is 0. The molecule has 1 heterocycles. The molecule has 24 heavy (non-hydrogen) atoms. The van der Waals surface area contributed by atoms with Gasteiger partial charge in [-0.2, -0.15) is 5.11 Å². The van der Waals surface area contributed by atoms with Crippen molar-refractivity contribution < 1.29 is 14.4 Å². The Morgan fingerprint density at radius 3 is 2.50 bits per heavy atom. The Labute approximate surface area is 134 Å². The van der Waals surface area contributed by atoms with Crippen LogP contribution in [0.4, 0.5) is 17.1 Å². The molecular formula is C16H11N3O5. The summed E-state index contributed by atoms with van der Waals surface area (Å²) in [7, 11) is 0. The van der Waals surface area contributed by atoms with E-state index in [1.54, 1.807) is 13.0 Å². The van der Waals surface area contributed by atoms with E-state index in [1.807, 2.05) is 0 Å². The molecule has 8 nitrogen and oxygen atoms in total. The van der Waals surface area contributed by atoms with Crippen molar-refractivity contribution in [3.8, 4) is 5.75 Å². The molecule has 0 atom stereocenters. The van der Waals surface area contributed by atoms with Gasteiger partial charge in [0.1, 0.15) is 5.75 Å². The molecule has 3 aromatic rings. The lowest BCUT2D eigenvalue weighted by molar-refractivity contribution is -0.384. The van der Waals surface area contributed by atoms with E-state index in [1.165, 1.54) is 36.4 Å². The van der Waals surface area contributed by atoms with Gasteiger partial charge in [0.05, 0.1) is 10.6 Å². The number of nitrogens with zero attached hydrogens (tertiary/aromatic N) is 3. The first-order chi connectivity index (χ1) is 11.5. The Morgan fingerprint density at radius 1 is 1.12 bits per heavy atom. The number of hydrogen-bond acceptors (Lipinski definition) is 7. The monoisotopic (exact) mass is 325 g/mol. The number of aryl methyl sites for hydroxylation is 1. The molecule has 0 aliphatic heterocycles. The number of nitro groups is 1. The van der Waals surface area contributed by atoms with Gasteiger partial charge in [-0.25, -0.2) is 4.79 Å². The van der Waals surface area contributed by atoms with Gasteiger partial charge in [0.15, 0.2) is 11.3 Å². The number of rotatable bonds is 3. The van der Waals surface area contributed by atoms with Crippen LogP contribution < -0.4 is 5.63 Å². The standard InChI is InChI=1S/C16H11N3O5/c1-9-8-14(21)24-16-12(9)6-7-13(20)15(16)18-17-10-2-4-11(5-3-10)19(22)23/h2-8,20H,1H3/b18-17+. The Balaban J connectivity index is 2.07. The maximum atomic E-state index is 11.6. The molecule has 0 amide bonds. The molecule has 2 aromatic carbocycles. The summed E-state index contributed by atoms with van der Waals surface area (Å²) in [5.41, 5.74) is 0.568. The summed E-state index contributed by atoms with van der Waals surface area (Å²) in [5.74, 6) is -0.193. The molecule has 3 rings (SSSR count). The van der Waals surface area contributed by atoms with Gasteiger partial charge in [-0.15, -0.1) is 5.11 Å². The van der Waals surface area contributed by atoms with Gasteiger partial charge < -0.3 is 9.52 Å². The number of non-ortho nitro benzene ring substituents is 1. The molecule has 1 aromatic heterocycles. The molecule has 8 heteroatoms. The van der Waals surface area contributed by atoms with Crippen LogP contribution >= 0.6 is 0 Å². The highest BCUT2D eigenvalue weighted by molar-refractivity contribution is 5.92. The fraction of sp³-hybridized carbons (Fsp3) is 0.0625. The number of phenolic OH excluding ortho intramolecular Hbond substituents is 1. The van der Waals surface area contributed by atoms with Crippen LogP contribution in [0, 0.1) is 17.0 Å². The quantitative estimate of drug-likeness (QED) is 0.336. The van der Waals surface area contributed by atoms with Gasteiger partial charge in [-0.05, 0) is 36.8 Å². The average Bonchev–Trinajstić information content (AvgIpc) is 2.54. The zero-order chi connectivity index (χ0) is 17.3. The molecule has 1 N–H and O–H groups in total. The maximum Gasteiger partial charge on any atom is 0.336 e. The van der Waals surface area contributed by atoms with Gasteiger partial charge >= 0.3 is 5.63 Å². The second kappa shape index (κ2) is 5.92. The summed E-state index contributed by atoms with van der Waals surface area (Å²) in [6, 6.07) is 9.82. The molecule has 0 radical (unpaired) electrons. The Morgan fingerprint density at radius 2 is 1.83 bits per heavy atom. The van der Waals surface area contributed by atoms with Crippen molar-refractivity contribution in [2.75, 3.05) is 0 Å². The number of benzene rings is 2. The number of phenols is 1. The Bertz CT molecular complexity index is 1020. The van der Waals surface area contributed by atoms with Crippen molar-refractivity contribution >= 4 is 28.0 Å². The van der Waals surface area contributed by atoms with E-state index in [2.05, 4.69) is 10.2 Å². The van der Waals surface area contributed by atoms with E-state index in [0.29, 0.717) is 16.6 Å². The lowest BCUT2D eigenvalue weighted by atomic mass is 10.1. The number of fused-ring (bicyclic) bond motifs is 1. The van der Waals surface area contributed by atoms with E-state index in [0.717, 1.165) is 0 Å². The summed E-state index contributed by atoms with van der Waals surface area (Å²) in [5, 5.41) is 29.1. The molecule has 120 valence electrons. The van der Waals surface area contributed by atoms with Crippen molar-refractivity contribution in [2.45, 2.75) is 6.92 Å². The fourth-order valence-electron chi connectivity index (χ4n) is 2.20. The zero-order valence-electron chi connectivity index (χ0n) is 12.5. The van der Waals surface area contributed by atoms with Gasteiger partial charge in [-0.3, -0.25) is 10.1 Å². The minimum absolute atomic E-state index is 0.0200. The molecule has 0 aliphatic rings. The average molecular weight is 325 g/mol. The molecule has 0 unspecified atom stereocenters. The third kappa shape index (κ3) is 2.84. The van der Waals surface area contributed by atoms with Crippen molar-refractivity contribution in [3.63, 3.8) is 0 Å². The molecule has 0 saturated carbocycles. The van der Waals surface area contributed by atoms with Gasteiger partial charge in [0, 0.05) is 23.6 Å². The largest absolute Gasteiger partial charge is 0.505 e.